The number of phenols is 1. The first-order valence-corrected chi connectivity index (χ1v) is 6.05. The number of carboxylic acid groups (broad SMARTS) is 1. The second-order valence-corrected chi connectivity index (χ2v) is 4.68. The zero-order valence-corrected chi connectivity index (χ0v) is 9.47. The van der Waals surface area contributed by atoms with Gasteiger partial charge in [0.1, 0.15) is 11.6 Å². The standard InChI is InChI=1S/C11H11FO3S/c1-16-9-7(13)3-2-6(8(9)12)11(4-5-11)10(14)15/h2-3,13H,4-5H2,1H3,(H,14,15). The Labute approximate surface area is 96.3 Å². The van der Waals surface area contributed by atoms with Gasteiger partial charge in [0.15, 0.2) is 0 Å². The summed E-state index contributed by atoms with van der Waals surface area (Å²) in [5, 5.41) is 18.5. The third-order valence-electron chi connectivity index (χ3n) is 2.96. The van der Waals surface area contributed by atoms with Crippen LogP contribution in [0.1, 0.15) is 18.4 Å². The predicted molar refractivity (Wildman–Crippen MR) is 58.4 cm³/mol. The Morgan fingerprint density at radius 2 is 2.12 bits per heavy atom. The second kappa shape index (κ2) is 3.66. The summed E-state index contributed by atoms with van der Waals surface area (Å²) in [5.74, 6) is -1.74. The molecule has 0 spiro atoms. The largest absolute Gasteiger partial charge is 0.507 e. The quantitative estimate of drug-likeness (QED) is 0.799. The van der Waals surface area contributed by atoms with Gasteiger partial charge in [0.2, 0.25) is 0 Å². The average molecular weight is 242 g/mol. The van der Waals surface area contributed by atoms with Crippen molar-refractivity contribution in [1.82, 2.24) is 0 Å². The number of hydrogen-bond donors (Lipinski definition) is 2. The summed E-state index contributed by atoms with van der Waals surface area (Å²) < 4.78 is 14.0. The van der Waals surface area contributed by atoms with E-state index in [2.05, 4.69) is 0 Å². The molecule has 0 saturated heterocycles. The molecule has 0 aromatic heterocycles. The summed E-state index contributed by atoms with van der Waals surface area (Å²) in [7, 11) is 0. The van der Waals surface area contributed by atoms with Gasteiger partial charge in [0, 0.05) is 5.56 Å². The normalized spacial score (nSPS) is 17.1. The molecule has 0 amide bonds. The molecular weight excluding hydrogens is 231 g/mol. The van der Waals surface area contributed by atoms with Crippen molar-refractivity contribution < 1.29 is 19.4 Å². The van der Waals surface area contributed by atoms with E-state index in [4.69, 9.17) is 5.11 Å². The first kappa shape index (κ1) is 11.3. The van der Waals surface area contributed by atoms with E-state index in [0.717, 1.165) is 11.8 Å². The van der Waals surface area contributed by atoms with Crippen LogP contribution in [0.15, 0.2) is 17.0 Å². The average Bonchev–Trinajstić information content (AvgIpc) is 2.99. The molecule has 2 rings (SSSR count). The molecule has 0 radical (unpaired) electrons. The van der Waals surface area contributed by atoms with E-state index < -0.39 is 17.2 Å². The minimum atomic E-state index is -1.07. The zero-order valence-electron chi connectivity index (χ0n) is 8.66. The Bertz CT molecular complexity index is 455. The van der Waals surface area contributed by atoms with Gasteiger partial charge < -0.3 is 10.2 Å². The molecule has 2 N–H and O–H groups in total. The fourth-order valence-corrected chi connectivity index (χ4v) is 2.40. The Balaban J connectivity index is 2.55. The third kappa shape index (κ3) is 1.46. The van der Waals surface area contributed by atoms with Crippen LogP contribution in [0, 0.1) is 5.82 Å². The maximum Gasteiger partial charge on any atom is 0.314 e. The molecule has 0 heterocycles. The Morgan fingerprint density at radius 3 is 2.56 bits per heavy atom. The highest BCUT2D eigenvalue weighted by Gasteiger charge is 2.53. The van der Waals surface area contributed by atoms with Gasteiger partial charge in [-0.3, -0.25) is 4.79 Å². The molecule has 0 bridgehead atoms. The van der Waals surface area contributed by atoms with Gasteiger partial charge in [-0.15, -0.1) is 11.8 Å². The smallest absolute Gasteiger partial charge is 0.314 e. The van der Waals surface area contributed by atoms with Gasteiger partial charge in [0.25, 0.3) is 0 Å². The molecule has 1 aliphatic carbocycles. The molecule has 1 aromatic rings. The van der Waals surface area contributed by atoms with Crippen LogP contribution in [0.5, 0.6) is 5.75 Å². The highest BCUT2D eigenvalue weighted by Crippen LogP contribution is 2.51. The van der Waals surface area contributed by atoms with E-state index in [1.54, 1.807) is 6.26 Å². The van der Waals surface area contributed by atoms with Crippen LogP contribution in [0.3, 0.4) is 0 Å². The lowest BCUT2D eigenvalue weighted by molar-refractivity contribution is -0.140. The van der Waals surface area contributed by atoms with E-state index in [1.807, 2.05) is 0 Å². The van der Waals surface area contributed by atoms with Gasteiger partial charge in [-0.1, -0.05) is 6.07 Å². The molecule has 0 unspecified atom stereocenters. The van der Waals surface area contributed by atoms with Crippen molar-refractivity contribution in [2.24, 2.45) is 0 Å². The fourth-order valence-electron chi connectivity index (χ4n) is 1.83. The second-order valence-electron chi connectivity index (χ2n) is 3.87. The van der Waals surface area contributed by atoms with Crippen LogP contribution in [-0.2, 0) is 10.2 Å². The number of thioether (sulfide) groups is 1. The van der Waals surface area contributed by atoms with Crippen molar-refractivity contribution in [2.45, 2.75) is 23.2 Å². The molecule has 1 aliphatic rings. The number of carbonyl (C=O) groups is 1. The Kier molecular flexibility index (Phi) is 2.58. The maximum absolute atomic E-state index is 14.0. The van der Waals surface area contributed by atoms with E-state index in [9.17, 15) is 14.3 Å². The van der Waals surface area contributed by atoms with E-state index in [-0.39, 0.29) is 16.2 Å². The van der Waals surface area contributed by atoms with Crippen molar-refractivity contribution in [3.8, 4) is 5.75 Å². The zero-order chi connectivity index (χ0) is 11.9. The van der Waals surface area contributed by atoms with Crippen LogP contribution in [0.25, 0.3) is 0 Å². The highest BCUT2D eigenvalue weighted by atomic mass is 32.2. The first-order chi connectivity index (χ1) is 7.53. The molecule has 1 fully saturated rings. The number of carboxylic acids is 1. The van der Waals surface area contributed by atoms with Gasteiger partial charge in [-0.25, -0.2) is 4.39 Å². The molecular formula is C11H11FO3S. The Morgan fingerprint density at radius 1 is 1.50 bits per heavy atom. The van der Waals surface area contributed by atoms with Crippen molar-refractivity contribution in [1.29, 1.82) is 0 Å². The van der Waals surface area contributed by atoms with Crippen molar-refractivity contribution in [2.75, 3.05) is 6.26 Å². The monoisotopic (exact) mass is 242 g/mol. The summed E-state index contributed by atoms with van der Waals surface area (Å²) in [6.07, 6.45) is 2.55. The minimum Gasteiger partial charge on any atom is -0.507 e. The molecule has 3 nitrogen and oxygen atoms in total. The Hall–Kier alpha value is -1.23. The number of benzene rings is 1. The van der Waals surface area contributed by atoms with Crippen molar-refractivity contribution in [3.63, 3.8) is 0 Å². The number of phenolic OH excluding ortho intramolecular Hbond substituents is 1. The molecule has 1 saturated carbocycles. The molecule has 0 atom stereocenters. The summed E-state index contributed by atoms with van der Waals surface area (Å²) in [6.45, 7) is 0. The molecule has 1 aromatic carbocycles. The van der Waals surface area contributed by atoms with Gasteiger partial charge in [-0.2, -0.15) is 0 Å². The van der Waals surface area contributed by atoms with E-state index >= 15 is 0 Å². The SMILES string of the molecule is CSc1c(O)ccc(C2(C(=O)O)CC2)c1F. The number of aromatic hydroxyl groups is 1. The number of rotatable bonds is 3. The van der Waals surface area contributed by atoms with Gasteiger partial charge in [0.05, 0.1) is 10.3 Å². The fraction of sp³-hybridized carbons (Fsp3) is 0.364. The maximum atomic E-state index is 14.0. The first-order valence-electron chi connectivity index (χ1n) is 4.82. The van der Waals surface area contributed by atoms with Crippen LogP contribution < -0.4 is 0 Å². The van der Waals surface area contributed by atoms with Crippen LogP contribution in [-0.4, -0.2) is 22.4 Å². The summed E-state index contributed by atoms with van der Waals surface area (Å²) in [5.41, 5.74) is -0.885. The molecule has 5 heteroatoms. The van der Waals surface area contributed by atoms with Gasteiger partial charge in [-0.05, 0) is 25.2 Å². The summed E-state index contributed by atoms with van der Waals surface area (Å²) in [6, 6.07) is 2.72. The molecule has 16 heavy (non-hydrogen) atoms. The molecule has 0 aliphatic heterocycles. The predicted octanol–water partition coefficient (Wildman–Crippen LogP) is 2.37. The topological polar surface area (TPSA) is 57.5 Å². The van der Waals surface area contributed by atoms with Crippen LogP contribution >= 0.6 is 11.8 Å². The number of aliphatic carboxylic acids is 1. The van der Waals surface area contributed by atoms with E-state index in [0.29, 0.717) is 12.8 Å². The highest BCUT2D eigenvalue weighted by molar-refractivity contribution is 7.98. The summed E-state index contributed by atoms with van der Waals surface area (Å²) in [4.78, 5) is 11.2. The minimum absolute atomic E-state index is 0.116. The van der Waals surface area contributed by atoms with Crippen LogP contribution in [0.2, 0.25) is 0 Å². The molecule has 86 valence electrons. The number of halogens is 1. The lowest BCUT2D eigenvalue weighted by atomic mass is 9.95. The summed E-state index contributed by atoms with van der Waals surface area (Å²) >= 11 is 1.07. The van der Waals surface area contributed by atoms with Crippen molar-refractivity contribution >= 4 is 17.7 Å². The van der Waals surface area contributed by atoms with Crippen molar-refractivity contribution in [3.05, 3.63) is 23.5 Å². The third-order valence-corrected chi connectivity index (χ3v) is 3.75. The lowest BCUT2D eigenvalue weighted by Gasteiger charge is -2.14. The van der Waals surface area contributed by atoms with Crippen LogP contribution in [0.4, 0.5) is 4.39 Å². The lowest BCUT2D eigenvalue weighted by Crippen LogP contribution is -2.21. The van der Waals surface area contributed by atoms with Gasteiger partial charge >= 0.3 is 5.97 Å². The number of hydrogen-bond acceptors (Lipinski definition) is 3. The van der Waals surface area contributed by atoms with E-state index in [1.165, 1.54) is 12.1 Å².